The van der Waals surface area contributed by atoms with E-state index in [1.54, 1.807) is 37.5 Å². The Balaban J connectivity index is 1.61. The van der Waals surface area contributed by atoms with Gasteiger partial charge >= 0.3 is 0 Å². The van der Waals surface area contributed by atoms with Crippen LogP contribution in [0, 0.1) is 13.8 Å². The Kier molecular flexibility index (Phi) is 4.90. The second-order valence-corrected chi connectivity index (χ2v) is 7.16. The predicted molar refractivity (Wildman–Crippen MR) is 110 cm³/mol. The molecule has 0 saturated heterocycles. The topological polar surface area (TPSA) is 72.4 Å². The third kappa shape index (κ3) is 3.65. The molecule has 1 N–H and O–H groups in total. The average Bonchev–Trinajstić information content (AvgIpc) is 3.42. The van der Waals surface area contributed by atoms with Crippen LogP contribution < -0.4 is 5.43 Å². The van der Waals surface area contributed by atoms with Crippen LogP contribution in [-0.4, -0.2) is 21.9 Å². The Labute approximate surface area is 166 Å². The number of benzene rings is 1. The van der Waals surface area contributed by atoms with Crippen molar-refractivity contribution in [3.8, 4) is 16.3 Å². The largest absolute Gasteiger partial charge is 0.466 e. The van der Waals surface area contributed by atoms with Gasteiger partial charge in [-0.1, -0.05) is 24.3 Å². The third-order valence-corrected chi connectivity index (χ3v) is 5.05. The van der Waals surface area contributed by atoms with E-state index in [0.29, 0.717) is 17.1 Å². The number of carbonyl (C=O) groups is 1. The molecule has 0 fully saturated rings. The van der Waals surface area contributed by atoms with E-state index in [0.717, 1.165) is 21.8 Å². The van der Waals surface area contributed by atoms with Crippen molar-refractivity contribution in [2.24, 2.45) is 5.10 Å². The maximum atomic E-state index is 12.3. The lowest BCUT2D eigenvalue weighted by molar-refractivity contribution is 0.0953. The molecular formula is C21H18N4O2S. The van der Waals surface area contributed by atoms with Crippen LogP contribution in [0.3, 0.4) is 0 Å². The van der Waals surface area contributed by atoms with Crippen LogP contribution >= 0.6 is 11.3 Å². The molecule has 6 nitrogen and oxygen atoms in total. The molecule has 0 aliphatic rings. The van der Waals surface area contributed by atoms with Gasteiger partial charge in [0.1, 0.15) is 17.2 Å². The van der Waals surface area contributed by atoms with Gasteiger partial charge in [0.2, 0.25) is 0 Å². The molecule has 1 aromatic carbocycles. The van der Waals surface area contributed by atoms with Gasteiger partial charge in [-0.25, -0.2) is 10.1 Å². The quantitative estimate of drug-likeness (QED) is 0.401. The SMILES string of the molecule is Cc1cc(C(=O)NN=Cc2cn(-c3ccccc3)nc2-c2cccs2)c(C)o1. The number of rotatable bonds is 5. The zero-order valence-electron chi connectivity index (χ0n) is 15.4. The van der Waals surface area contributed by atoms with E-state index in [1.165, 1.54) is 0 Å². The van der Waals surface area contributed by atoms with E-state index in [9.17, 15) is 4.79 Å². The van der Waals surface area contributed by atoms with E-state index < -0.39 is 0 Å². The van der Waals surface area contributed by atoms with Gasteiger partial charge in [-0.3, -0.25) is 4.79 Å². The van der Waals surface area contributed by atoms with E-state index in [2.05, 4.69) is 10.5 Å². The minimum atomic E-state index is -0.307. The summed E-state index contributed by atoms with van der Waals surface area (Å²) in [5.41, 5.74) is 5.62. The number of furan rings is 1. The van der Waals surface area contributed by atoms with Crippen LogP contribution in [-0.2, 0) is 0 Å². The number of nitrogens with one attached hydrogen (secondary N) is 1. The molecule has 0 unspecified atom stereocenters. The van der Waals surface area contributed by atoms with Gasteiger partial charge in [0.25, 0.3) is 5.91 Å². The Bertz CT molecular complexity index is 1120. The minimum absolute atomic E-state index is 0.307. The molecule has 0 bridgehead atoms. The number of aryl methyl sites for hydroxylation is 2. The summed E-state index contributed by atoms with van der Waals surface area (Å²) in [6.07, 6.45) is 3.51. The maximum Gasteiger partial charge on any atom is 0.274 e. The molecule has 0 radical (unpaired) electrons. The Hall–Kier alpha value is -3.45. The molecule has 4 rings (SSSR count). The van der Waals surface area contributed by atoms with Gasteiger partial charge in [0.05, 0.1) is 22.3 Å². The van der Waals surface area contributed by atoms with Crippen LogP contribution in [0.4, 0.5) is 0 Å². The van der Waals surface area contributed by atoms with Crippen molar-refractivity contribution in [1.82, 2.24) is 15.2 Å². The summed E-state index contributed by atoms with van der Waals surface area (Å²) in [5, 5.41) is 10.8. The van der Waals surface area contributed by atoms with Crippen LogP contribution in [0.15, 0.2) is 69.6 Å². The molecular weight excluding hydrogens is 372 g/mol. The van der Waals surface area contributed by atoms with Crippen molar-refractivity contribution < 1.29 is 9.21 Å². The summed E-state index contributed by atoms with van der Waals surface area (Å²) in [4.78, 5) is 13.3. The van der Waals surface area contributed by atoms with Gasteiger partial charge in [0.15, 0.2) is 0 Å². The normalized spacial score (nSPS) is 11.2. The first-order chi connectivity index (χ1) is 13.6. The number of hydrogen-bond acceptors (Lipinski definition) is 5. The number of amides is 1. The standard InChI is InChI=1S/C21H18N4O2S/c1-14-11-18(15(2)27-14)21(26)23-22-12-16-13-25(17-7-4-3-5-8-17)24-20(16)19-9-6-10-28-19/h3-13H,1-2H3,(H,23,26). The number of thiophene rings is 1. The van der Waals surface area contributed by atoms with Crippen LogP contribution in [0.25, 0.3) is 16.3 Å². The van der Waals surface area contributed by atoms with Crippen LogP contribution in [0.5, 0.6) is 0 Å². The van der Waals surface area contributed by atoms with Crippen molar-refractivity contribution in [3.05, 3.63) is 82.8 Å². The fraction of sp³-hybridized carbons (Fsp3) is 0.0952. The molecule has 28 heavy (non-hydrogen) atoms. The smallest absolute Gasteiger partial charge is 0.274 e. The Morgan fingerprint density at radius 1 is 1.21 bits per heavy atom. The summed E-state index contributed by atoms with van der Waals surface area (Å²) in [7, 11) is 0. The van der Waals surface area contributed by atoms with Crippen LogP contribution in [0.1, 0.15) is 27.4 Å². The molecule has 1 amide bonds. The summed E-state index contributed by atoms with van der Waals surface area (Å²) in [6, 6.07) is 15.5. The summed E-state index contributed by atoms with van der Waals surface area (Å²) >= 11 is 1.60. The molecule has 140 valence electrons. The maximum absolute atomic E-state index is 12.3. The van der Waals surface area contributed by atoms with Gasteiger partial charge in [0, 0.05) is 11.8 Å². The number of hydrogen-bond donors (Lipinski definition) is 1. The van der Waals surface area contributed by atoms with Crippen molar-refractivity contribution in [2.75, 3.05) is 0 Å². The second-order valence-electron chi connectivity index (χ2n) is 6.22. The molecule has 7 heteroatoms. The Morgan fingerprint density at radius 2 is 2.04 bits per heavy atom. The summed E-state index contributed by atoms with van der Waals surface area (Å²) < 4.78 is 7.20. The van der Waals surface area contributed by atoms with Gasteiger partial charge in [-0.2, -0.15) is 10.2 Å². The molecule has 4 aromatic rings. The molecule has 0 saturated carbocycles. The van der Waals surface area contributed by atoms with Crippen molar-refractivity contribution in [1.29, 1.82) is 0 Å². The number of carbonyl (C=O) groups excluding carboxylic acids is 1. The van der Waals surface area contributed by atoms with E-state index in [4.69, 9.17) is 9.52 Å². The minimum Gasteiger partial charge on any atom is -0.466 e. The molecule has 0 aliphatic heterocycles. The van der Waals surface area contributed by atoms with Crippen LogP contribution in [0.2, 0.25) is 0 Å². The first-order valence-corrected chi connectivity index (χ1v) is 9.59. The van der Waals surface area contributed by atoms with E-state index in [-0.39, 0.29) is 5.91 Å². The lowest BCUT2D eigenvalue weighted by Crippen LogP contribution is -2.17. The highest BCUT2D eigenvalue weighted by atomic mass is 32.1. The molecule has 0 spiro atoms. The highest BCUT2D eigenvalue weighted by Crippen LogP contribution is 2.26. The number of aromatic nitrogens is 2. The number of para-hydroxylation sites is 1. The van der Waals surface area contributed by atoms with Gasteiger partial charge < -0.3 is 4.42 Å². The predicted octanol–water partition coefficient (Wildman–Crippen LogP) is 4.57. The lowest BCUT2D eigenvalue weighted by atomic mass is 10.2. The third-order valence-electron chi connectivity index (χ3n) is 4.17. The number of nitrogens with zero attached hydrogens (tertiary/aromatic N) is 3. The fourth-order valence-electron chi connectivity index (χ4n) is 2.88. The van der Waals surface area contributed by atoms with E-state index in [1.807, 2.05) is 58.7 Å². The fourth-order valence-corrected chi connectivity index (χ4v) is 3.61. The zero-order chi connectivity index (χ0) is 19.5. The molecule has 3 aromatic heterocycles. The molecule has 0 aliphatic carbocycles. The van der Waals surface area contributed by atoms with Gasteiger partial charge in [-0.05, 0) is 43.5 Å². The first-order valence-electron chi connectivity index (χ1n) is 8.71. The first kappa shape index (κ1) is 17.9. The summed E-state index contributed by atoms with van der Waals surface area (Å²) in [5.74, 6) is 0.954. The van der Waals surface area contributed by atoms with E-state index >= 15 is 0 Å². The van der Waals surface area contributed by atoms with Gasteiger partial charge in [-0.15, -0.1) is 11.3 Å². The average molecular weight is 390 g/mol. The molecule has 3 heterocycles. The summed E-state index contributed by atoms with van der Waals surface area (Å²) in [6.45, 7) is 3.56. The number of hydrazone groups is 1. The molecule has 0 atom stereocenters. The zero-order valence-corrected chi connectivity index (χ0v) is 16.2. The lowest BCUT2D eigenvalue weighted by Gasteiger charge is -1.98. The van der Waals surface area contributed by atoms with Crippen molar-refractivity contribution in [3.63, 3.8) is 0 Å². The monoisotopic (exact) mass is 390 g/mol. The van der Waals surface area contributed by atoms with Crippen molar-refractivity contribution >= 4 is 23.5 Å². The Morgan fingerprint density at radius 3 is 2.71 bits per heavy atom. The van der Waals surface area contributed by atoms with Crippen molar-refractivity contribution in [2.45, 2.75) is 13.8 Å². The second kappa shape index (κ2) is 7.66. The highest BCUT2D eigenvalue weighted by Gasteiger charge is 2.14. The highest BCUT2D eigenvalue weighted by molar-refractivity contribution is 7.13.